The first-order chi connectivity index (χ1) is 10.1. The smallest absolute Gasteiger partial charge is 0.252 e. The summed E-state index contributed by atoms with van der Waals surface area (Å²) in [6.45, 7) is 2.95. The number of rotatable bonds is 5. The second-order valence-electron chi connectivity index (χ2n) is 5.49. The maximum Gasteiger partial charge on any atom is 0.252 e. The van der Waals surface area contributed by atoms with Crippen LogP contribution in [0, 0.1) is 11.2 Å². The van der Waals surface area contributed by atoms with E-state index in [-0.39, 0.29) is 16.3 Å². The van der Waals surface area contributed by atoms with Gasteiger partial charge in [-0.1, -0.05) is 11.6 Å². The van der Waals surface area contributed by atoms with Gasteiger partial charge in [0.15, 0.2) is 0 Å². The van der Waals surface area contributed by atoms with Crippen molar-refractivity contribution in [1.82, 2.24) is 10.6 Å². The van der Waals surface area contributed by atoms with Crippen LogP contribution in [0.25, 0.3) is 0 Å². The minimum Gasteiger partial charge on any atom is -0.384 e. The molecule has 0 saturated carbocycles. The van der Waals surface area contributed by atoms with Gasteiger partial charge in [0, 0.05) is 19.1 Å². The molecular formula is C15H20ClFN2O2. The molecule has 1 amide bonds. The van der Waals surface area contributed by atoms with Crippen LogP contribution in [0.4, 0.5) is 4.39 Å². The first-order valence-electron chi connectivity index (χ1n) is 6.99. The summed E-state index contributed by atoms with van der Waals surface area (Å²) in [5, 5.41) is 6.33. The Morgan fingerprint density at radius 1 is 1.48 bits per heavy atom. The van der Waals surface area contributed by atoms with E-state index in [1.54, 1.807) is 7.11 Å². The van der Waals surface area contributed by atoms with E-state index in [2.05, 4.69) is 10.6 Å². The largest absolute Gasteiger partial charge is 0.384 e. The van der Waals surface area contributed by atoms with Crippen molar-refractivity contribution in [2.24, 2.45) is 5.41 Å². The lowest BCUT2D eigenvalue weighted by atomic mass is 9.79. The third-order valence-electron chi connectivity index (χ3n) is 3.91. The number of piperidine rings is 1. The molecule has 1 aromatic carbocycles. The molecule has 0 unspecified atom stereocenters. The lowest BCUT2D eigenvalue weighted by Gasteiger charge is -2.37. The SMILES string of the molecule is COCC1(CNC(=O)c2ccc(F)cc2Cl)CCNCC1. The van der Waals surface area contributed by atoms with Gasteiger partial charge in [-0.2, -0.15) is 0 Å². The normalized spacial score (nSPS) is 17.5. The number of carbonyl (C=O) groups excluding carboxylic acids is 1. The molecule has 0 aromatic heterocycles. The summed E-state index contributed by atoms with van der Waals surface area (Å²) < 4.78 is 18.3. The van der Waals surface area contributed by atoms with E-state index in [4.69, 9.17) is 16.3 Å². The fourth-order valence-corrected chi connectivity index (χ4v) is 2.93. The van der Waals surface area contributed by atoms with Crippen LogP contribution in [0.3, 0.4) is 0 Å². The van der Waals surface area contributed by atoms with Crippen molar-refractivity contribution >= 4 is 17.5 Å². The highest BCUT2D eigenvalue weighted by Crippen LogP contribution is 2.28. The summed E-state index contributed by atoms with van der Waals surface area (Å²) in [5.41, 5.74) is 0.238. The Morgan fingerprint density at radius 3 is 2.81 bits per heavy atom. The summed E-state index contributed by atoms with van der Waals surface area (Å²) in [6, 6.07) is 3.78. The monoisotopic (exact) mass is 314 g/mol. The van der Waals surface area contributed by atoms with Crippen LogP contribution in [0.1, 0.15) is 23.2 Å². The fraction of sp³-hybridized carbons (Fsp3) is 0.533. The number of hydrogen-bond acceptors (Lipinski definition) is 3. The number of nitrogens with one attached hydrogen (secondary N) is 2. The van der Waals surface area contributed by atoms with Crippen molar-refractivity contribution in [3.05, 3.63) is 34.6 Å². The molecule has 1 saturated heterocycles. The van der Waals surface area contributed by atoms with Crippen molar-refractivity contribution in [3.63, 3.8) is 0 Å². The Hall–Kier alpha value is -1.17. The molecule has 21 heavy (non-hydrogen) atoms. The molecular weight excluding hydrogens is 295 g/mol. The number of amides is 1. The van der Waals surface area contributed by atoms with Gasteiger partial charge in [0.05, 0.1) is 17.2 Å². The maximum atomic E-state index is 13.0. The van der Waals surface area contributed by atoms with Crippen LogP contribution >= 0.6 is 11.6 Å². The van der Waals surface area contributed by atoms with E-state index in [0.29, 0.717) is 18.7 Å². The molecule has 1 heterocycles. The van der Waals surface area contributed by atoms with Crippen molar-refractivity contribution in [3.8, 4) is 0 Å². The quantitative estimate of drug-likeness (QED) is 0.876. The predicted molar refractivity (Wildman–Crippen MR) is 80.2 cm³/mol. The molecule has 0 aliphatic carbocycles. The number of halogens is 2. The van der Waals surface area contributed by atoms with E-state index in [0.717, 1.165) is 32.0 Å². The van der Waals surface area contributed by atoms with Crippen molar-refractivity contribution < 1.29 is 13.9 Å². The number of benzene rings is 1. The van der Waals surface area contributed by atoms with Gasteiger partial charge in [0.2, 0.25) is 0 Å². The molecule has 1 aliphatic rings. The Kier molecular flexibility index (Phi) is 5.56. The van der Waals surface area contributed by atoms with E-state index in [9.17, 15) is 9.18 Å². The van der Waals surface area contributed by atoms with Crippen LogP contribution in [-0.2, 0) is 4.74 Å². The topological polar surface area (TPSA) is 50.4 Å². The zero-order chi connectivity index (χ0) is 15.3. The number of carbonyl (C=O) groups is 1. The van der Waals surface area contributed by atoms with Gasteiger partial charge < -0.3 is 15.4 Å². The molecule has 1 aliphatic heterocycles. The molecule has 1 fully saturated rings. The Morgan fingerprint density at radius 2 is 2.19 bits per heavy atom. The van der Waals surface area contributed by atoms with Crippen molar-refractivity contribution in [1.29, 1.82) is 0 Å². The van der Waals surface area contributed by atoms with Gasteiger partial charge in [-0.3, -0.25) is 4.79 Å². The van der Waals surface area contributed by atoms with Crippen LogP contribution < -0.4 is 10.6 Å². The van der Waals surface area contributed by atoms with Gasteiger partial charge in [0.25, 0.3) is 5.91 Å². The lowest BCUT2D eigenvalue weighted by molar-refractivity contribution is 0.0512. The standard InChI is InChI=1S/C15H20ClFN2O2/c1-21-10-15(4-6-18-7-5-15)9-19-14(20)12-3-2-11(17)8-13(12)16/h2-3,8,18H,4-7,9-10H2,1H3,(H,19,20). The summed E-state index contributed by atoms with van der Waals surface area (Å²) >= 11 is 5.91. The molecule has 4 nitrogen and oxygen atoms in total. The molecule has 1 aromatic rings. The number of methoxy groups -OCH3 is 1. The number of ether oxygens (including phenoxy) is 1. The molecule has 0 spiro atoms. The van der Waals surface area contributed by atoms with Gasteiger partial charge in [0.1, 0.15) is 5.82 Å². The summed E-state index contributed by atoms with van der Waals surface area (Å²) in [5.74, 6) is -0.736. The molecule has 2 rings (SSSR count). The molecule has 0 radical (unpaired) electrons. The third-order valence-corrected chi connectivity index (χ3v) is 4.23. The summed E-state index contributed by atoms with van der Waals surface area (Å²) in [6.07, 6.45) is 1.89. The number of hydrogen-bond donors (Lipinski definition) is 2. The van der Waals surface area contributed by atoms with Crippen LogP contribution in [-0.4, -0.2) is 39.3 Å². The second kappa shape index (κ2) is 7.20. The van der Waals surface area contributed by atoms with Crippen molar-refractivity contribution in [2.75, 3.05) is 33.4 Å². The lowest BCUT2D eigenvalue weighted by Crippen LogP contribution is -2.47. The highest BCUT2D eigenvalue weighted by atomic mass is 35.5. The van der Waals surface area contributed by atoms with Crippen LogP contribution in [0.5, 0.6) is 0 Å². The highest BCUT2D eigenvalue weighted by molar-refractivity contribution is 6.33. The van der Waals surface area contributed by atoms with Crippen LogP contribution in [0.15, 0.2) is 18.2 Å². The average molecular weight is 315 g/mol. The molecule has 6 heteroatoms. The van der Waals surface area contributed by atoms with Crippen LogP contribution in [0.2, 0.25) is 5.02 Å². The van der Waals surface area contributed by atoms with Gasteiger partial charge >= 0.3 is 0 Å². The van der Waals surface area contributed by atoms with E-state index in [1.165, 1.54) is 12.1 Å². The minimum absolute atomic E-state index is 0.0534. The zero-order valence-corrected chi connectivity index (χ0v) is 12.8. The third kappa shape index (κ3) is 4.15. The Bertz CT molecular complexity index is 499. The van der Waals surface area contributed by atoms with E-state index in [1.807, 2.05) is 0 Å². The zero-order valence-electron chi connectivity index (χ0n) is 12.0. The molecule has 2 N–H and O–H groups in total. The van der Waals surface area contributed by atoms with Gasteiger partial charge in [-0.05, 0) is 44.1 Å². The van der Waals surface area contributed by atoms with E-state index < -0.39 is 5.82 Å². The summed E-state index contributed by atoms with van der Waals surface area (Å²) in [7, 11) is 1.67. The first kappa shape index (κ1) is 16.2. The summed E-state index contributed by atoms with van der Waals surface area (Å²) in [4.78, 5) is 12.2. The highest BCUT2D eigenvalue weighted by Gasteiger charge is 2.32. The van der Waals surface area contributed by atoms with Gasteiger partial charge in [-0.25, -0.2) is 4.39 Å². The second-order valence-corrected chi connectivity index (χ2v) is 5.90. The predicted octanol–water partition coefficient (Wildman–Crippen LogP) is 2.23. The minimum atomic E-state index is -0.453. The fourth-order valence-electron chi connectivity index (χ4n) is 2.67. The molecule has 0 atom stereocenters. The van der Waals surface area contributed by atoms with Crippen molar-refractivity contribution in [2.45, 2.75) is 12.8 Å². The first-order valence-corrected chi connectivity index (χ1v) is 7.37. The maximum absolute atomic E-state index is 13.0. The molecule has 0 bridgehead atoms. The van der Waals surface area contributed by atoms with Gasteiger partial charge in [-0.15, -0.1) is 0 Å². The Labute approximate surface area is 129 Å². The van der Waals surface area contributed by atoms with E-state index >= 15 is 0 Å². The Balaban J connectivity index is 2.01. The average Bonchev–Trinajstić information content (AvgIpc) is 2.46. The molecule has 116 valence electrons.